The molecule has 0 aromatic heterocycles. The van der Waals surface area contributed by atoms with Crippen molar-refractivity contribution < 1.29 is 4.74 Å². The Morgan fingerprint density at radius 2 is 1.89 bits per heavy atom. The molecule has 0 radical (unpaired) electrons. The zero-order valence-corrected chi connectivity index (χ0v) is 11.3. The first-order valence-electron chi connectivity index (χ1n) is 6.19. The molecule has 1 N–H and O–H groups in total. The molecular weight excluding hydrogens is 271 g/mol. The lowest BCUT2D eigenvalue weighted by molar-refractivity contribution is 0.152. The maximum Gasteiger partial charge on any atom is 0.290 e. The van der Waals surface area contributed by atoms with Gasteiger partial charge < -0.3 is 10.1 Å². The van der Waals surface area contributed by atoms with Gasteiger partial charge in [0.2, 0.25) is 0 Å². The highest BCUT2D eigenvalue weighted by molar-refractivity contribution is 6.39. The lowest BCUT2D eigenvalue weighted by Crippen LogP contribution is -2.26. The Morgan fingerprint density at radius 1 is 1.17 bits per heavy atom. The third-order valence-electron chi connectivity index (χ3n) is 3.41. The third-order valence-corrected chi connectivity index (χ3v) is 4.04. The van der Waals surface area contributed by atoms with Crippen LogP contribution in [0.4, 0.5) is 5.69 Å². The SMILES string of the molecule is Clc1cccc(Cl)c1NC1=N[C@@H]2CCCC[C@H]2O1. The van der Waals surface area contributed by atoms with Crippen molar-refractivity contribution in [3.8, 4) is 0 Å². The van der Waals surface area contributed by atoms with Gasteiger partial charge >= 0.3 is 0 Å². The molecule has 0 amide bonds. The summed E-state index contributed by atoms with van der Waals surface area (Å²) in [5.41, 5.74) is 0.665. The van der Waals surface area contributed by atoms with Crippen LogP contribution in [0.1, 0.15) is 25.7 Å². The minimum atomic E-state index is 0.225. The van der Waals surface area contributed by atoms with Gasteiger partial charge in [-0.25, -0.2) is 4.99 Å². The fourth-order valence-corrected chi connectivity index (χ4v) is 2.96. The molecule has 0 unspecified atom stereocenters. The topological polar surface area (TPSA) is 33.6 Å². The van der Waals surface area contributed by atoms with Crippen molar-refractivity contribution in [2.24, 2.45) is 4.99 Å². The highest BCUT2D eigenvalue weighted by atomic mass is 35.5. The molecule has 0 saturated heterocycles. The van der Waals surface area contributed by atoms with Gasteiger partial charge in [0.1, 0.15) is 6.10 Å². The zero-order valence-electron chi connectivity index (χ0n) is 9.83. The lowest BCUT2D eigenvalue weighted by atomic mass is 9.94. The average Bonchev–Trinajstić information content (AvgIpc) is 2.76. The van der Waals surface area contributed by atoms with E-state index in [2.05, 4.69) is 10.3 Å². The molecular formula is C13H14Cl2N2O. The number of aliphatic imine (C=N–C) groups is 1. The molecule has 1 aromatic carbocycles. The van der Waals surface area contributed by atoms with Gasteiger partial charge in [-0.15, -0.1) is 0 Å². The van der Waals surface area contributed by atoms with E-state index in [1.54, 1.807) is 12.1 Å². The molecule has 1 aliphatic carbocycles. The summed E-state index contributed by atoms with van der Waals surface area (Å²) in [7, 11) is 0. The predicted molar refractivity (Wildman–Crippen MR) is 74.6 cm³/mol. The van der Waals surface area contributed by atoms with Crippen LogP contribution >= 0.6 is 23.2 Å². The number of amidine groups is 1. The summed E-state index contributed by atoms with van der Waals surface area (Å²) in [6, 6.07) is 6.23. The molecule has 5 heteroatoms. The van der Waals surface area contributed by atoms with E-state index < -0.39 is 0 Å². The van der Waals surface area contributed by atoms with Gasteiger partial charge in [-0.05, 0) is 31.4 Å². The molecule has 3 rings (SSSR count). The van der Waals surface area contributed by atoms with Gasteiger partial charge in [-0.3, -0.25) is 0 Å². The van der Waals surface area contributed by atoms with E-state index in [-0.39, 0.29) is 6.10 Å². The Kier molecular flexibility index (Phi) is 3.35. The van der Waals surface area contributed by atoms with Crippen LogP contribution in [0.2, 0.25) is 10.0 Å². The summed E-state index contributed by atoms with van der Waals surface area (Å²) >= 11 is 12.2. The number of para-hydroxylation sites is 1. The molecule has 1 fully saturated rings. The van der Waals surface area contributed by atoms with Gasteiger partial charge in [0.05, 0.1) is 21.8 Å². The Hall–Kier alpha value is -0.930. The van der Waals surface area contributed by atoms with Gasteiger partial charge in [0.25, 0.3) is 6.02 Å². The number of fused-ring (bicyclic) bond motifs is 1. The molecule has 1 heterocycles. The van der Waals surface area contributed by atoms with Crippen LogP contribution in [-0.2, 0) is 4.74 Å². The Morgan fingerprint density at radius 3 is 2.61 bits per heavy atom. The normalized spacial score (nSPS) is 26.2. The number of hydrogen-bond acceptors (Lipinski definition) is 3. The van der Waals surface area contributed by atoms with Crippen molar-refractivity contribution in [3.05, 3.63) is 28.2 Å². The van der Waals surface area contributed by atoms with E-state index in [4.69, 9.17) is 27.9 Å². The van der Waals surface area contributed by atoms with Crippen molar-refractivity contribution in [3.63, 3.8) is 0 Å². The lowest BCUT2D eigenvalue weighted by Gasteiger charge is -2.21. The summed E-state index contributed by atoms with van der Waals surface area (Å²) in [6.07, 6.45) is 4.86. The van der Waals surface area contributed by atoms with Crippen LogP contribution in [0.25, 0.3) is 0 Å². The quantitative estimate of drug-likeness (QED) is 0.842. The molecule has 0 spiro atoms. The molecule has 0 bridgehead atoms. The number of rotatable bonds is 1. The summed E-state index contributed by atoms with van der Waals surface area (Å²) in [5.74, 6) is 0. The Balaban J connectivity index is 1.77. The molecule has 2 atom stereocenters. The monoisotopic (exact) mass is 284 g/mol. The number of halogens is 2. The van der Waals surface area contributed by atoms with E-state index >= 15 is 0 Å². The second-order valence-electron chi connectivity index (χ2n) is 4.66. The molecule has 1 aliphatic heterocycles. The van der Waals surface area contributed by atoms with Crippen LogP contribution in [0.3, 0.4) is 0 Å². The molecule has 3 nitrogen and oxygen atoms in total. The standard InChI is InChI=1S/C13H14Cl2N2O/c14-8-4-3-5-9(15)12(8)17-13-16-10-6-1-2-7-11(10)18-13/h3-5,10-11H,1-2,6-7H2,(H,16,17)/t10-,11-/m1/s1. The highest BCUT2D eigenvalue weighted by Crippen LogP contribution is 2.33. The van der Waals surface area contributed by atoms with E-state index in [9.17, 15) is 0 Å². The summed E-state index contributed by atoms with van der Waals surface area (Å²) < 4.78 is 5.80. The van der Waals surface area contributed by atoms with Crippen molar-refractivity contribution in [2.75, 3.05) is 5.32 Å². The first kappa shape index (κ1) is 12.1. The first-order valence-corrected chi connectivity index (χ1v) is 6.95. The highest BCUT2D eigenvalue weighted by Gasteiger charge is 2.33. The third kappa shape index (κ3) is 2.29. The van der Waals surface area contributed by atoms with E-state index in [0.29, 0.717) is 27.8 Å². The molecule has 1 aromatic rings. The number of hydrogen-bond donors (Lipinski definition) is 1. The van der Waals surface area contributed by atoms with E-state index in [1.165, 1.54) is 12.8 Å². The fourth-order valence-electron chi connectivity index (χ4n) is 2.47. The van der Waals surface area contributed by atoms with Crippen LogP contribution in [0.5, 0.6) is 0 Å². The molecule has 1 saturated carbocycles. The number of anilines is 1. The summed E-state index contributed by atoms with van der Waals surface area (Å²) in [5, 5.41) is 4.24. The molecule has 18 heavy (non-hydrogen) atoms. The van der Waals surface area contributed by atoms with Gasteiger partial charge in [-0.2, -0.15) is 0 Å². The first-order chi connectivity index (χ1) is 8.74. The minimum Gasteiger partial charge on any atom is -0.459 e. The Labute approximate surface area is 116 Å². The van der Waals surface area contributed by atoms with E-state index in [0.717, 1.165) is 12.8 Å². The predicted octanol–water partition coefficient (Wildman–Crippen LogP) is 4.10. The second kappa shape index (κ2) is 4.98. The van der Waals surface area contributed by atoms with Crippen molar-refractivity contribution in [1.82, 2.24) is 0 Å². The largest absolute Gasteiger partial charge is 0.459 e. The summed E-state index contributed by atoms with van der Waals surface area (Å²) in [6.45, 7) is 0. The van der Waals surface area contributed by atoms with Gasteiger partial charge in [0.15, 0.2) is 0 Å². The molecule has 96 valence electrons. The van der Waals surface area contributed by atoms with Crippen LogP contribution in [0.15, 0.2) is 23.2 Å². The van der Waals surface area contributed by atoms with Crippen molar-refractivity contribution >= 4 is 34.9 Å². The van der Waals surface area contributed by atoms with Crippen LogP contribution in [-0.4, -0.2) is 18.2 Å². The second-order valence-corrected chi connectivity index (χ2v) is 5.48. The van der Waals surface area contributed by atoms with Crippen molar-refractivity contribution in [1.29, 1.82) is 0 Å². The smallest absolute Gasteiger partial charge is 0.290 e. The Bertz CT molecular complexity index is 470. The zero-order chi connectivity index (χ0) is 12.5. The molecule has 2 aliphatic rings. The minimum absolute atomic E-state index is 0.225. The maximum absolute atomic E-state index is 6.10. The fraction of sp³-hybridized carbons (Fsp3) is 0.462. The van der Waals surface area contributed by atoms with E-state index in [1.807, 2.05) is 6.07 Å². The maximum atomic E-state index is 6.10. The van der Waals surface area contributed by atoms with Crippen LogP contribution in [0, 0.1) is 0 Å². The number of nitrogens with one attached hydrogen (secondary N) is 1. The number of ether oxygens (including phenoxy) is 1. The van der Waals surface area contributed by atoms with Crippen molar-refractivity contribution in [2.45, 2.75) is 37.8 Å². The van der Waals surface area contributed by atoms with Gasteiger partial charge in [-0.1, -0.05) is 35.7 Å². The van der Waals surface area contributed by atoms with Crippen LogP contribution < -0.4 is 5.32 Å². The number of benzene rings is 1. The number of nitrogens with zero attached hydrogens (tertiary/aromatic N) is 1. The average molecular weight is 285 g/mol. The van der Waals surface area contributed by atoms with Gasteiger partial charge in [0, 0.05) is 0 Å². The summed E-state index contributed by atoms with van der Waals surface area (Å²) in [4.78, 5) is 4.55.